The minimum Gasteiger partial charge on any atom is -0.477 e. The van der Waals surface area contributed by atoms with Crippen LogP contribution in [0.25, 0.3) is 0 Å². The smallest absolute Gasteiger partial charge is 0.342 e. The highest BCUT2D eigenvalue weighted by molar-refractivity contribution is 5.93. The Bertz CT molecular complexity index is 576. The van der Waals surface area contributed by atoms with Crippen molar-refractivity contribution in [3.8, 4) is 0 Å². The number of nitrogens with zero attached hydrogens (tertiary/aromatic N) is 1. The fourth-order valence-corrected chi connectivity index (χ4v) is 2.79. The number of halogens is 1. The molecule has 1 aliphatic carbocycles. The summed E-state index contributed by atoms with van der Waals surface area (Å²) in [6.45, 7) is 2.70. The van der Waals surface area contributed by atoms with E-state index in [1.54, 1.807) is 0 Å². The van der Waals surface area contributed by atoms with Crippen LogP contribution < -0.4 is 5.32 Å². The molecular weight excluding hydrogens is 279 g/mol. The largest absolute Gasteiger partial charge is 0.477 e. The Morgan fingerprint density at radius 1 is 1.52 bits per heavy atom. The molecule has 0 saturated heterocycles. The zero-order valence-electron chi connectivity index (χ0n) is 11.6. The molecular formula is C14H17FN2O4. The van der Waals surface area contributed by atoms with Gasteiger partial charge in [-0.25, -0.2) is 9.18 Å². The zero-order valence-corrected chi connectivity index (χ0v) is 11.6. The fraction of sp³-hybridized carbons (Fsp3) is 0.500. The van der Waals surface area contributed by atoms with Gasteiger partial charge in [0.2, 0.25) is 0 Å². The van der Waals surface area contributed by atoms with Gasteiger partial charge in [-0.15, -0.1) is 0 Å². The molecule has 1 aliphatic rings. The number of nitro benzene ring substituents is 1. The number of nitro groups is 1. The van der Waals surface area contributed by atoms with Gasteiger partial charge in [-0.2, -0.15) is 0 Å². The fourth-order valence-electron chi connectivity index (χ4n) is 2.79. The molecule has 2 atom stereocenters. The van der Waals surface area contributed by atoms with Gasteiger partial charge in [-0.1, -0.05) is 13.3 Å². The Morgan fingerprint density at radius 2 is 2.24 bits per heavy atom. The van der Waals surface area contributed by atoms with Crippen molar-refractivity contribution >= 4 is 17.3 Å². The molecule has 0 aliphatic heterocycles. The second kappa shape index (κ2) is 6.07. The van der Waals surface area contributed by atoms with Crippen molar-refractivity contribution in [2.45, 2.75) is 26.2 Å². The van der Waals surface area contributed by atoms with Crippen LogP contribution in [0.5, 0.6) is 0 Å². The van der Waals surface area contributed by atoms with Crippen LogP contribution in [0, 0.1) is 27.8 Å². The predicted octanol–water partition coefficient (Wildman–Crippen LogP) is 3.28. The summed E-state index contributed by atoms with van der Waals surface area (Å²) in [5.41, 5.74) is -1.25. The van der Waals surface area contributed by atoms with Gasteiger partial charge in [-0.05, 0) is 30.7 Å². The summed E-state index contributed by atoms with van der Waals surface area (Å²) in [7, 11) is 0. The van der Waals surface area contributed by atoms with E-state index in [-0.39, 0.29) is 5.69 Å². The lowest BCUT2D eigenvalue weighted by Crippen LogP contribution is -2.14. The number of hydrogen-bond acceptors (Lipinski definition) is 4. The van der Waals surface area contributed by atoms with Gasteiger partial charge in [-0.3, -0.25) is 10.1 Å². The molecule has 114 valence electrons. The summed E-state index contributed by atoms with van der Waals surface area (Å²) in [6.07, 6.45) is 3.23. The number of carboxylic acids is 1. The SMILES string of the molecule is CC1CCC(CNc2cc(C(=O)O)c([N+](=O)[O-])cc2F)C1. The number of aromatic carboxylic acids is 1. The van der Waals surface area contributed by atoms with Crippen LogP contribution in [-0.2, 0) is 0 Å². The predicted molar refractivity (Wildman–Crippen MR) is 75.0 cm³/mol. The Kier molecular flexibility index (Phi) is 4.40. The second-order valence-corrected chi connectivity index (χ2v) is 5.58. The molecule has 0 amide bonds. The summed E-state index contributed by atoms with van der Waals surface area (Å²) in [4.78, 5) is 20.9. The Morgan fingerprint density at radius 3 is 2.76 bits per heavy atom. The van der Waals surface area contributed by atoms with Gasteiger partial charge in [0, 0.05) is 6.54 Å². The van der Waals surface area contributed by atoms with Gasteiger partial charge >= 0.3 is 5.97 Å². The number of benzene rings is 1. The first kappa shape index (κ1) is 15.2. The van der Waals surface area contributed by atoms with Crippen molar-refractivity contribution in [3.63, 3.8) is 0 Å². The molecule has 2 N–H and O–H groups in total. The van der Waals surface area contributed by atoms with E-state index in [1.165, 1.54) is 0 Å². The van der Waals surface area contributed by atoms with Crippen LogP contribution in [0.1, 0.15) is 36.5 Å². The summed E-state index contributed by atoms with van der Waals surface area (Å²) < 4.78 is 13.8. The third-order valence-corrected chi connectivity index (χ3v) is 3.90. The molecule has 1 aromatic carbocycles. The maximum absolute atomic E-state index is 13.8. The molecule has 2 unspecified atom stereocenters. The van der Waals surface area contributed by atoms with Crippen molar-refractivity contribution in [2.24, 2.45) is 11.8 Å². The number of hydrogen-bond donors (Lipinski definition) is 2. The van der Waals surface area contributed by atoms with E-state index in [2.05, 4.69) is 12.2 Å². The number of nitrogens with one attached hydrogen (secondary N) is 1. The maximum Gasteiger partial charge on any atom is 0.342 e. The van der Waals surface area contributed by atoms with E-state index in [0.717, 1.165) is 25.3 Å². The minimum absolute atomic E-state index is 0.00227. The van der Waals surface area contributed by atoms with Crippen LogP contribution in [0.2, 0.25) is 0 Å². The van der Waals surface area contributed by atoms with E-state index >= 15 is 0 Å². The highest BCUT2D eigenvalue weighted by Crippen LogP contribution is 2.31. The summed E-state index contributed by atoms with van der Waals surface area (Å²) in [5, 5.41) is 22.6. The first-order valence-electron chi connectivity index (χ1n) is 6.83. The van der Waals surface area contributed by atoms with Crippen LogP contribution in [0.15, 0.2) is 12.1 Å². The maximum atomic E-state index is 13.8. The van der Waals surface area contributed by atoms with Gasteiger partial charge in [0.05, 0.1) is 16.7 Å². The highest BCUT2D eigenvalue weighted by atomic mass is 19.1. The molecule has 0 bridgehead atoms. The monoisotopic (exact) mass is 296 g/mol. The van der Waals surface area contributed by atoms with E-state index in [1.807, 2.05) is 0 Å². The van der Waals surface area contributed by atoms with Crippen LogP contribution >= 0.6 is 0 Å². The van der Waals surface area contributed by atoms with Crippen molar-refractivity contribution in [1.29, 1.82) is 0 Å². The van der Waals surface area contributed by atoms with Gasteiger partial charge < -0.3 is 10.4 Å². The molecule has 0 aromatic heterocycles. The minimum atomic E-state index is -1.45. The van der Waals surface area contributed by atoms with Gasteiger partial charge in [0.15, 0.2) is 5.82 Å². The van der Waals surface area contributed by atoms with Crippen molar-refractivity contribution in [3.05, 3.63) is 33.6 Å². The second-order valence-electron chi connectivity index (χ2n) is 5.58. The molecule has 0 heterocycles. The number of rotatable bonds is 5. The molecule has 1 saturated carbocycles. The van der Waals surface area contributed by atoms with E-state index in [9.17, 15) is 19.3 Å². The average Bonchev–Trinajstić information content (AvgIpc) is 2.82. The number of carboxylic acid groups (broad SMARTS) is 1. The molecule has 7 heteroatoms. The van der Waals surface area contributed by atoms with Gasteiger partial charge in [0.1, 0.15) is 5.56 Å². The quantitative estimate of drug-likeness (QED) is 0.642. The first-order valence-corrected chi connectivity index (χ1v) is 6.83. The molecule has 0 radical (unpaired) electrons. The Labute approximate surface area is 121 Å². The van der Waals surface area contributed by atoms with Crippen LogP contribution in [0.4, 0.5) is 15.8 Å². The Balaban J connectivity index is 2.17. The molecule has 1 aromatic rings. The Hall–Kier alpha value is -2.18. The number of anilines is 1. The van der Waals surface area contributed by atoms with E-state index in [0.29, 0.717) is 24.4 Å². The zero-order chi connectivity index (χ0) is 15.6. The third kappa shape index (κ3) is 3.48. The van der Waals surface area contributed by atoms with Crippen molar-refractivity contribution in [2.75, 3.05) is 11.9 Å². The lowest BCUT2D eigenvalue weighted by molar-refractivity contribution is -0.385. The molecule has 21 heavy (non-hydrogen) atoms. The van der Waals surface area contributed by atoms with Crippen LogP contribution in [0.3, 0.4) is 0 Å². The molecule has 0 spiro atoms. The van der Waals surface area contributed by atoms with Gasteiger partial charge in [0.25, 0.3) is 5.69 Å². The topological polar surface area (TPSA) is 92.5 Å². The summed E-state index contributed by atoms with van der Waals surface area (Å²) in [5.74, 6) is -1.19. The van der Waals surface area contributed by atoms with E-state index in [4.69, 9.17) is 5.11 Å². The molecule has 1 fully saturated rings. The average molecular weight is 296 g/mol. The molecule has 2 rings (SSSR count). The molecule has 6 nitrogen and oxygen atoms in total. The summed E-state index contributed by atoms with van der Waals surface area (Å²) in [6, 6.07) is 1.65. The highest BCUT2D eigenvalue weighted by Gasteiger charge is 2.25. The van der Waals surface area contributed by atoms with E-state index < -0.39 is 28.0 Å². The number of carbonyl (C=O) groups is 1. The summed E-state index contributed by atoms with van der Waals surface area (Å²) >= 11 is 0. The first-order chi connectivity index (χ1) is 9.88. The van der Waals surface area contributed by atoms with Crippen molar-refractivity contribution < 1.29 is 19.2 Å². The van der Waals surface area contributed by atoms with Crippen molar-refractivity contribution in [1.82, 2.24) is 0 Å². The van der Waals surface area contributed by atoms with Crippen LogP contribution in [-0.4, -0.2) is 22.5 Å². The lowest BCUT2D eigenvalue weighted by Gasteiger charge is -2.13. The standard InChI is InChI=1S/C14H17FN2O4/c1-8-2-3-9(4-8)7-16-12-5-10(14(18)19)13(17(20)21)6-11(12)15/h5-6,8-9,16H,2-4,7H2,1H3,(H,18,19). The normalized spacial score (nSPS) is 21.2. The third-order valence-electron chi connectivity index (χ3n) is 3.90. The lowest BCUT2D eigenvalue weighted by atomic mass is 10.1.